The number of aryl methyl sites for hydroxylation is 1. The van der Waals surface area contributed by atoms with Gasteiger partial charge in [-0.25, -0.2) is 9.37 Å². The van der Waals surface area contributed by atoms with E-state index in [-0.39, 0.29) is 29.5 Å². The molecule has 5 rings (SSSR count). The molecule has 6 nitrogen and oxygen atoms in total. The molecule has 7 heteroatoms. The molecule has 1 fully saturated rings. The van der Waals surface area contributed by atoms with Gasteiger partial charge in [-0.3, -0.25) is 9.69 Å². The van der Waals surface area contributed by atoms with Gasteiger partial charge in [0.25, 0.3) is 5.56 Å². The van der Waals surface area contributed by atoms with Crippen LogP contribution < -0.4 is 10.5 Å². The highest BCUT2D eigenvalue weighted by molar-refractivity contribution is 5.89. The van der Waals surface area contributed by atoms with E-state index in [0.717, 1.165) is 16.8 Å². The van der Waals surface area contributed by atoms with Gasteiger partial charge in [-0.2, -0.15) is 5.26 Å². The number of benzene rings is 2. The second kappa shape index (κ2) is 9.56. The van der Waals surface area contributed by atoms with E-state index in [4.69, 9.17) is 0 Å². The molecular formula is C29H28FN5O. The molecule has 0 radical (unpaired) electrons. The van der Waals surface area contributed by atoms with Gasteiger partial charge in [-0.15, -0.1) is 0 Å². The molecule has 3 heterocycles. The number of hydrogen-bond acceptors (Lipinski definition) is 5. The second-order valence-electron chi connectivity index (χ2n) is 9.52. The summed E-state index contributed by atoms with van der Waals surface area (Å²) in [5.41, 5.74) is 4.30. The maximum Gasteiger partial charge on any atom is 0.252 e. The molecule has 3 atom stereocenters. The van der Waals surface area contributed by atoms with Crippen LogP contribution in [-0.4, -0.2) is 39.6 Å². The van der Waals surface area contributed by atoms with E-state index in [1.807, 2.05) is 24.3 Å². The van der Waals surface area contributed by atoms with Crippen molar-refractivity contribution >= 4 is 16.7 Å². The van der Waals surface area contributed by atoms with Gasteiger partial charge >= 0.3 is 0 Å². The summed E-state index contributed by atoms with van der Waals surface area (Å²) >= 11 is 0. The first kappa shape index (κ1) is 23.7. The van der Waals surface area contributed by atoms with Gasteiger partial charge in [0.05, 0.1) is 17.2 Å². The molecule has 2 aromatic heterocycles. The minimum atomic E-state index is -0.251. The van der Waals surface area contributed by atoms with Crippen LogP contribution in [0.3, 0.4) is 0 Å². The largest absolute Gasteiger partial charge is 0.364 e. The number of hydrogen-bond donors (Lipinski definition) is 0. The van der Waals surface area contributed by atoms with Crippen molar-refractivity contribution < 1.29 is 4.39 Å². The lowest BCUT2D eigenvalue weighted by atomic mass is 9.93. The Morgan fingerprint density at radius 3 is 2.44 bits per heavy atom. The van der Waals surface area contributed by atoms with E-state index < -0.39 is 0 Å². The molecule has 0 saturated carbocycles. The number of aromatic nitrogens is 2. The standard InChI is InChI=1S/C29H28FN5O/c1-19-18-35(29(21-8-5-4-6-9-21)22-10-7-11-23(30)14-22)20(2)17-34(19)26-15-27(36)33(3)25-13-12-24(16-31)32-28(25)26/h4-15,19-20,29H,17-18H2,1-3H3/t19-,20?,29?/m0/s1. The molecule has 1 aliphatic rings. The summed E-state index contributed by atoms with van der Waals surface area (Å²) in [6.07, 6.45) is 0. The average molecular weight is 482 g/mol. The molecule has 2 unspecified atom stereocenters. The number of pyridine rings is 2. The van der Waals surface area contributed by atoms with E-state index in [0.29, 0.717) is 29.8 Å². The number of anilines is 1. The van der Waals surface area contributed by atoms with Crippen molar-refractivity contribution in [3.8, 4) is 6.07 Å². The molecular weight excluding hydrogens is 453 g/mol. The van der Waals surface area contributed by atoms with E-state index in [1.54, 1.807) is 41.9 Å². The maximum absolute atomic E-state index is 14.3. The molecule has 0 aliphatic carbocycles. The lowest BCUT2D eigenvalue weighted by Crippen LogP contribution is -2.57. The van der Waals surface area contributed by atoms with E-state index >= 15 is 0 Å². The fraction of sp³-hybridized carbons (Fsp3) is 0.276. The first-order valence-corrected chi connectivity index (χ1v) is 12.1. The van der Waals surface area contributed by atoms with Crippen molar-refractivity contribution in [1.29, 1.82) is 5.26 Å². The zero-order valence-electron chi connectivity index (χ0n) is 20.6. The Labute approximate surface area is 209 Å². The number of nitrogens with zero attached hydrogens (tertiary/aromatic N) is 5. The smallest absolute Gasteiger partial charge is 0.252 e. The van der Waals surface area contributed by atoms with Crippen molar-refractivity contribution in [3.63, 3.8) is 0 Å². The summed E-state index contributed by atoms with van der Waals surface area (Å²) in [5.74, 6) is -0.251. The van der Waals surface area contributed by atoms with Crippen molar-refractivity contribution in [1.82, 2.24) is 14.5 Å². The van der Waals surface area contributed by atoms with Crippen molar-refractivity contribution in [2.24, 2.45) is 7.05 Å². The van der Waals surface area contributed by atoms with Crippen LogP contribution in [0.1, 0.15) is 36.7 Å². The molecule has 2 aromatic carbocycles. The zero-order valence-corrected chi connectivity index (χ0v) is 20.6. The highest BCUT2D eigenvalue weighted by Gasteiger charge is 2.36. The molecule has 1 aliphatic heterocycles. The van der Waals surface area contributed by atoms with Crippen LogP contribution in [-0.2, 0) is 7.05 Å². The third kappa shape index (κ3) is 4.25. The van der Waals surface area contributed by atoms with Gasteiger partial charge in [-0.05, 0) is 49.2 Å². The molecule has 4 aromatic rings. The average Bonchev–Trinajstić information content (AvgIpc) is 2.88. The lowest BCUT2D eigenvalue weighted by molar-refractivity contribution is 0.130. The second-order valence-corrected chi connectivity index (χ2v) is 9.52. The summed E-state index contributed by atoms with van der Waals surface area (Å²) in [4.78, 5) is 22.0. The van der Waals surface area contributed by atoms with Crippen LogP contribution in [0, 0.1) is 17.1 Å². The van der Waals surface area contributed by atoms with Crippen molar-refractivity contribution in [2.75, 3.05) is 18.0 Å². The van der Waals surface area contributed by atoms with Crippen LogP contribution in [0.5, 0.6) is 0 Å². The van der Waals surface area contributed by atoms with E-state index in [9.17, 15) is 14.4 Å². The lowest BCUT2D eigenvalue weighted by Gasteiger charge is -2.48. The quantitative estimate of drug-likeness (QED) is 0.425. The Morgan fingerprint density at radius 1 is 0.972 bits per heavy atom. The van der Waals surface area contributed by atoms with Crippen LogP contribution in [0.2, 0.25) is 0 Å². The zero-order chi connectivity index (χ0) is 25.4. The van der Waals surface area contributed by atoms with Gasteiger partial charge in [0.1, 0.15) is 23.1 Å². The van der Waals surface area contributed by atoms with E-state index in [1.165, 1.54) is 6.07 Å². The summed E-state index contributed by atoms with van der Waals surface area (Å²) in [5, 5.41) is 9.42. The van der Waals surface area contributed by atoms with Gasteiger partial charge in [0.15, 0.2) is 0 Å². The van der Waals surface area contributed by atoms with Crippen molar-refractivity contribution in [2.45, 2.75) is 32.0 Å². The number of rotatable bonds is 4. The fourth-order valence-electron chi connectivity index (χ4n) is 5.33. The monoisotopic (exact) mass is 481 g/mol. The summed E-state index contributed by atoms with van der Waals surface area (Å²) < 4.78 is 15.8. The molecule has 0 spiro atoms. The van der Waals surface area contributed by atoms with Gasteiger partial charge < -0.3 is 9.47 Å². The number of nitriles is 1. The predicted molar refractivity (Wildman–Crippen MR) is 139 cm³/mol. The molecule has 1 saturated heterocycles. The SMILES string of the molecule is CC1CN(c2cc(=O)n(C)c3ccc(C#N)nc23)[C@@H](C)CN1C(c1ccccc1)c1cccc(F)c1. The molecule has 182 valence electrons. The summed E-state index contributed by atoms with van der Waals surface area (Å²) in [7, 11) is 1.72. The Balaban J connectivity index is 1.56. The minimum absolute atomic E-state index is 0.0452. The van der Waals surface area contributed by atoms with Gasteiger partial charge in [-0.1, -0.05) is 42.5 Å². The third-order valence-corrected chi connectivity index (χ3v) is 7.14. The molecule has 36 heavy (non-hydrogen) atoms. The van der Waals surface area contributed by atoms with Crippen LogP contribution in [0.15, 0.2) is 77.6 Å². The van der Waals surface area contributed by atoms with Crippen LogP contribution >= 0.6 is 0 Å². The predicted octanol–water partition coefficient (Wildman–Crippen LogP) is 4.63. The Bertz CT molecular complexity index is 1510. The van der Waals surface area contributed by atoms with Crippen LogP contribution in [0.4, 0.5) is 10.1 Å². The highest BCUT2D eigenvalue weighted by atomic mass is 19.1. The molecule has 0 amide bonds. The van der Waals surface area contributed by atoms with Gasteiger partial charge in [0.2, 0.25) is 0 Å². The topological polar surface area (TPSA) is 65.2 Å². The Kier molecular flexibility index (Phi) is 6.29. The highest BCUT2D eigenvalue weighted by Crippen LogP contribution is 2.36. The first-order chi connectivity index (χ1) is 17.4. The maximum atomic E-state index is 14.3. The molecule has 0 N–H and O–H groups in total. The minimum Gasteiger partial charge on any atom is -0.364 e. The number of fused-ring (bicyclic) bond motifs is 1. The summed E-state index contributed by atoms with van der Waals surface area (Å²) in [6.45, 7) is 5.64. The number of piperazine rings is 1. The summed E-state index contributed by atoms with van der Waals surface area (Å²) in [6, 6.07) is 24.2. The third-order valence-electron chi connectivity index (χ3n) is 7.14. The fourth-order valence-corrected chi connectivity index (χ4v) is 5.33. The Morgan fingerprint density at radius 2 is 1.72 bits per heavy atom. The van der Waals surface area contributed by atoms with Gasteiger partial charge in [0, 0.05) is 38.3 Å². The van der Waals surface area contributed by atoms with Crippen molar-refractivity contribution in [3.05, 3.63) is 106 Å². The number of halogens is 1. The molecule has 0 bridgehead atoms. The first-order valence-electron chi connectivity index (χ1n) is 12.1. The van der Waals surface area contributed by atoms with Crippen LogP contribution in [0.25, 0.3) is 11.0 Å². The van der Waals surface area contributed by atoms with E-state index in [2.05, 4.69) is 46.8 Å². The normalized spacial score (nSPS) is 19.2. The Hall–Kier alpha value is -4.02.